The Morgan fingerprint density at radius 2 is 1.57 bits per heavy atom. The van der Waals surface area contributed by atoms with E-state index in [-0.39, 0.29) is 0 Å². The minimum Gasteiger partial charge on any atom is -0.354 e. The minimum absolute atomic E-state index is 0.315. The predicted molar refractivity (Wildman–Crippen MR) is 126 cm³/mol. The number of hydrogen-bond acceptors (Lipinski definition) is 4. The van der Waals surface area contributed by atoms with Gasteiger partial charge in [-0.05, 0) is 97.2 Å². The van der Waals surface area contributed by atoms with Gasteiger partial charge in [-0.3, -0.25) is 9.89 Å². The maximum atomic E-state index is 4.72. The monoisotopic (exact) mass is 418 g/mol. The molecule has 4 aliphatic heterocycles. The van der Waals surface area contributed by atoms with Gasteiger partial charge in [-0.15, -0.1) is 0 Å². The fourth-order valence-electron chi connectivity index (χ4n) is 6.26. The van der Waals surface area contributed by atoms with Crippen LogP contribution < -0.4 is 5.32 Å². The van der Waals surface area contributed by atoms with Crippen LogP contribution >= 0.6 is 0 Å². The second-order valence-corrected chi connectivity index (χ2v) is 10.4. The number of piperidine rings is 3. The highest BCUT2D eigenvalue weighted by atomic mass is 15.3. The molecule has 0 aliphatic carbocycles. The molecule has 6 nitrogen and oxygen atoms in total. The van der Waals surface area contributed by atoms with Crippen molar-refractivity contribution in [2.24, 2.45) is 10.9 Å². The number of likely N-dealkylation sites (tertiary alicyclic amines) is 4. The van der Waals surface area contributed by atoms with E-state index in [0.717, 1.165) is 25.0 Å². The molecule has 0 bridgehead atoms. The summed E-state index contributed by atoms with van der Waals surface area (Å²) in [7, 11) is 4.25. The number of hydrogen-bond donors (Lipinski definition) is 1. The van der Waals surface area contributed by atoms with Crippen LogP contribution in [0.4, 0.5) is 0 Å². The Bertz CT molecular complexity index is 544. The Labute approximate surface area is 185 Å². The van der Waals surface area contributed by atoms with Gasteiger partial charge in [-0.1, -0.05) is 12.8 Å². The molecule has 0 saturated carbocycles. The number of aliphatic imine (C=N–C) groups is 1. The minimum atomic E-state index is 0.315. The summed E-state index contributed by atoms with van der Waals surface area (Å²) in [5.74, 6) is 1.95. The van der Waals surface area contributed by atoms with Crippen molar-refractivity contribution in [2.75, 3.05) is 79.5 Å². The molecule has 0 radical (unpaired) electrons. The van der Waals surface area contributed by atoms with Gasteiger partial charge >= 0.3 is 0 Å². The normalized spacial score (nSPS) is 30.0. The number of guanidine groups is 1. The van der Waals surface area contributed by atoms with Gasteiger partial charge in [0.25, 0.3) is 0 Å². The first-order chi connectivity index (χ1) is 14.7. The second kappa shape index (κ2) is 10.6. The van der Waals surface area contributed by atoms with Crippen LogP contribution in [0.25, 0.3) is 0 Å². The van der Waals surface area contributed by atoms with E-state index in [0.29, 0.717) is 5.54 Å². The highest BCUT2D eigenvalue weighted by Crippen LogP contribution is 2.31. The molecular formula is C24H46N6. The van der Waals surface area contributed by atoms with E-state index in [1.54, 1.807) is 0 Å². The highest BCUT2D eigenvalue weighted by molar-refractivity contribution is 5.80. The summed E-state index contributed by atoms with van der Waals surface area (Å²) >= 11 is 0. The summed E-state index contributed by atoms with van der Waals surface area (Å²) in [6, 6.07) is 0. The average Bonchev–Trinajstić information content (AvgIpc) is 3.25. The van der Waals surface area contributed by atoms with E-state index >= 15 is 0 Å². The number of rotatable bonds is 5. The van der Waals surface area contributed by atoms with Crippen LogP contribution in [0, 0.1) is 5.92 Å². The molecule has 1 atom stereocenters. The van der Waals surface area contributed by atoms with Crippen LogP contribution in [0.2, 0.25) is 0 Å². The van der Waals surface area contributed by atoms with Gasteiger partial charge < -0.3 is 20.0 Å². The maximum absolute atomic E-state index is 4.72. The molecular weight excluding hydrogens is 372 g/mol. The van der Waals surface area contributed by atoms with Crippen molar-refractivity contribution in [3.05, 3.63) is 0 Å². The van der Waals surface area contributed by atoms with E-state index < -0.39 is 0 Å². The van der Waals surface area contributed by atoms with E-state index in [1.807, 2.05) is 7.05 Å². The lowest BCUT2D eigenvalue weighted by Gasteiger charge is -2.50. The van der Waals surface area contributed by atoms with Crippen LogP contribution in [-0.2, 0) is 0 Å². The molecule has 0 aromatic rings. The Morgan fingerprint density at radius 3 is 2.23 bits per heavy atom. The molecule has 4 heterocycles. The average molecular weight is 419 g/mol. The molecule has 4 aliphatic rings. The first-order valence-corrected chi connectivity index (χ1v) is 12.8. The lowest BCUT2D eigenvalue weighted by Crippen LogP contribution is -2.62. The third-order valence-electron chi connectivity index (χ3n) is 8.28. The largest absolute Gasteiger partial charge is 0.354 e. The summed E-state index contributed by atoms with van der Waals surface area (Å²) in [5, 5.41) is 3.86. The molecule has 1 unspecified atom stereocenters. The van der Waals surface area contributed by atoms with E-state index in [2.05, 4.69) is 32.0 Å². The summed E-state index contributed by atoms with van der Waals surface area (Å²) in [6.45, 7) is 12.3. The third kappa shape index (κ3) is 5.49. The molecule has 4 saturated heterocycles. The summed E-state index contributed by atoms with van der Waals surface area (Å²) in [5.41, 5.74) is 0.315. The Kier molecular flexibility index (Phi) is 7.93. The molecule has 0 aromatic heterocycles. The first-order valence-electron chi connectivity index (χ1n) is 12.8. The topological polar surface area (TPSA) is 37.4 Å². The van der Waals surface area contributed by atoms with Crippen LogP contribution in [0.3, 0.4) is 0 Å². The molecule has 172 valence electrons. The van der Waals surface area contributed by atoms with Gasteiger partial charge in [0.15, 0.2) is 5.96 Å². The predicted octanol–water partition coefficient (Wildman–Crippen LogP) is 2.32. The zero-order chi connectivity index (χ0) is 20.8. The molecule has 4 fully saturated rings. The maximum Gasteiger partial charge on any atom is 0.193 e. The van der Waals surface area contributed by atoms with Crippen molar-refractivity contribution in [1.82, 2.24) is 24.9 Å². The Morgan fingerprint density at radius 1 is 0.900 bits per heavy atom. The summed E-state index contributed by atoms with van der Waals surface area (Å²) < 4.78 is 0. The van der Waals surface area contributed by atoms with Crippen molar-refractivity contribution in [3.63, 3.8) is 0 Å². The molecule has 0 spiro atoms. The van der Waals surface area contributed by atoms with Gasteiger partial charge in [0.1, 0.15) is 0 Å². The molecule has 1 N–H and O–H groups in total. The van der Waals surface area contributed by atoms with Crippen LogP contribution in [0.1, 0.15) is 57.8 Å². The summed E-state index contributed by atoms with van der Waals surface area (Å²) in [4.78, 5) is 15.3. The lowest BCUT2D eigenvalue weighted by atomic mass is 9.84. The number of nitrogens with one attached hydrogen (secondary N) is 1. The van der Waals surface area contributed by atoms with Gasteiger partial charge in [-0.2, -0.15) is 0 Å². The molecule has 30 heavy (non-hydrogen) atoms. The Hall–Kier alpha value is -0.850. The van der Waals surface area contributed by atoms with Gasteiger partial charge in [0.2, 0.25) is 0 Å². The van der Waals surface area contributed by atoms with E-state index in [9.17, 15) is 0 Å². The van der Waals surface area contributed by atoms with Crippen molar-refractivity contribution in [3.8, 4) is 0 Å². The second-order valence-electron chi connectivity index (χ2n) is 10.4. The SMILES string of the molecule is CN=C(NCC1(N2CCCCC2)CCN(C)CC1)N1CCC(CN2CCCCC2)C1. The van der Waals surface area contributed by atoms with E-state index in [4.69, 9.17) is 4.99 Å². The van der Waals surface area contributed by atoms with Crippen molar-refractivity contribution >= 4 is 5.96 Å². The van der Waals surface area contributed by atoms with Crippen molar-refractivity contribution in [2.45, 2.75) is 63.3 Å². The van der Waals surface area contributed by atoms with E-state index in [1.165, 1.54) is 110 Å². The standard InChI is InChI=1S/C24H46N6/c1-25-23(29-16-9-22(20-29)19-28-12-5-3-6-13-28)26-21-24(10-17-27(2)18-11-24)30-14-7-4-8-15-30/h22H,3-21H2,1-2H3,(H,25,26). The first kappa shape index (κ1) is 22.3. The van der Waals surface area contributed by atoms with Crippen LogP contribution in [0.5, 0.6) is 0 Å². The zero-order valence-corrected chi connectivity index (χ0v) is 19.7. The van der Waals surface area contributed by atoms with Gasteiger partial charge in [0, 0.05) is 38.8 Å². The van der Waals surface area contributed by atoms with Crippen molar-refractivity contribution in [1.29, 1.82) is 0 Å². The van der Waals surface area contributed by atoms with Crippen molar-refractivity contribution < 1.29 is 0 Å². The molecule has 4 rings (SSSR count). The molecule has 0 amide bonds. The quantitative estimate of drug-likeness (QED) is 0.548. The van der Waals surface area contributed by atoms with Crippen LogP contribution in [-0.4, -0.2) is 111 Å². The number of nitrogens with zero attached hydrogens (tertiary/aromatic N) is 5. The summed E-state index contributed by atoms with van der Waals surface area (Å²) in [6.07, 6.45) is 12.3. The zero-order valence-electron chi connectivity index (χ0n) is 19.7. The molecule has 6 heteroatoms. The van der Waals surface area contributed by atoms with Gasteiger partial charge in [0.05, 0.1) is 0 Å². The lowest BCUT2D eigenvalue weighted by molar-refractivity contribution is 0.0170. The van der Waals surface area contributed by atoms with Crippen LogP contribution in [0.15, 0.2) is 4.99 Å². The highest BCUT2D eigenvalue weighted by Gasteiger charge is 2.40. The smallest absolute Gasteiger partial charge is 0.193 e. The molecule has 0 aromatic carbocycles. The van der Waals surface area contributed by atoms with Gasteiger partial charge in [-0.25, -0.2) is 0 Å². The Balaban J connectivity index is 1.32. The third-order valence-corrected chi connectivity index (χ3v) is 8.28. The fourth-order valence-corrected chi connectivity index (χ4v) is 6.26. The fraction of sp³-hybridized carbons (Fsp3) is 0.958.